The summed E-state index contributed by atoms with van der Waals surface area (Å²) in [6.45, 7) is 22.5. The molecule has 0 aliphatic heterocycles. The van der Waals surface area contributed by atoms with Gasteiger partial charge in [0.1, 0.15) is 72.5 Å². The Kier molecular flexibility index (Phi) is 48.3. The summed E-state index contributed by atoms with van der Waals surface area (Å²) in [5, 5.41) is 59.9. The van der Waals surface area contributed by atoms with E-state index in [-0.39, 0.29) is 127 Å². The number of aliphatic carboxylic acids is 3. The zero-order chi connectivity index (χ0) is 79.0. The van der Waals surface area contributed by atoms with E-state index in [0.29, 0.717) is 32.2 Å². The van der Waals surface area contributed by atoms with Crippen molar-refractivity contribution in [2.24, 2.45) is 58.4 Å². The van der Waals surface area contributed by atoms with E-state index in [2.05, 4.69) is 63.8 Å². The fourth-order valence-electron chi connectivity index (χ4n) is 10.9. The number of hydrogen-bond acceptors (Lipinski definition) is 19. The number of hydrogen-bond donors (Lipinski definition) is 19. The quantitative estimate of drug-likeness (QED) is 0.0326. The Bertz CT molecular complexity index is 2810. The summed E-state index contributed by atoms with van der Waals surface area (Å²) in [7, 11) is 0. The first-order chi connectivity index (χ1) is 48.0. The zero-order valence-electron chi connectivity index (χ0n) is 62.4. The van der Waals surface area contributed by atoms with E-state index in [4.69, 9.17) is 22.9 Å². The first-order valence-corrected chi connectivity index (χ1v) is 35.7. The van der Waals surface area contributed by atoms with Gasteiger partial charge in [0.25, 0.3) is 0 Å². The normalized spacial score (nSPS) is 14.8. The van der Waals surface area contributed by atoms with Crippen LogP contribution in [0.2, 0.25) is 0 Å². The number of unbranched alkanes of at least 4 members (excludes halogenated alkanes) is 3. The van der Waals surface area contributed by atoms with Crippen molar-refractivity contribution >= 4 is 94.7 Å². The molecule has 596 valence electrons. The predicted octanol–water partition coefficient (Wildman–Crippen LogP) is -0.967. The molecule has 23 N–H and O–H groups in total. The molecule has 12 atom stereocenters. The van der Waals surface area contributed by atoms with E-state index in [1.54, 1.807) is 83.1 Å². The summed E-state index contributed by atoms with van der Waals surface area (Å²) in [4.78, 5) is 216. The summed E-state index contributed by atoms with van der Waals surface area (Å²) in [6, 6.07) is -17.9. The molecule has 13 amide bonds. The molecule has 0 saturated carbocycles. The van der Waals surface area contributed by atoms with Gasteiger partial charge in [-0.15, -0.1) is 0 Å². The SMILES string of the molecule is C.CC(=O)N[C@@H](CCCCN)C(=O)N[C@@H](CC(C)C)C(=O)N[C@@H](CC(=O)O)C(=O)N[C@@H](CC(C)C)C(=O)N[C@@H](CCCCN)C(=O)N[C@@H](CC(C)C)C(=O)N[C@@H](CC(=O)O)C(=O)N[C@@H](CC(C)C)C(=O)N[C@@H](CCCCN)C(=O)N[C@@H](CC(C)C)C(=O)N[C@@H](CC(=O)O)C(=O)N[C@@H](CC(C)C)C(N)=O. The van der Waals surface area contributed by atoms with Gasteiger partial charge >= 0.3 is 17.9 Å². The van der Waals surface area contributed by atoms with Gasteiger partial charge in [0.15, 0.2) is 0 Å². The van der Waals surface area contributed by atoms with Gasteiger partial charge in [0, 0.05) is 6.92 Å². The third-order valence-electron chi connectivity index (χ3n) is 15.9. The third-order valence-corrected chi connectivity index (χ3v) is 15.9. The van der Waals surface area contributed by atoms with Crippen molar-refractivity contribution in [2.45, 2.75) is 286 Å². The molecule has 0 aliphatic rings. The Labute approximate surface area is 611 Å². The van der Waals surface area contributed by atoms with Gasteiger partial charge in [0.05, 0.1) is 19.3 Å². The Hall–Kier alpha value is -8.60. The van der Waals surface area contributed by atoms with Crippen molar-refractivity contribution in [2.75, 3.05) is 19.6 Å². The highest BCUT2D eigenvalue weighted by atomic mass is 16.4. The predicted molar refractivity (Wildman–Crippen MR) is 387 cm³/mol. The molecular weight excluding hydrogens is 1360 g/mol. The Morgan fingerprint density at radius 1 is 0.260 bits per heavy atom. The number of primary amides is 1. The van der Waals surface area contributed by atoms with Gasteiger partial charge in [-0.3, -0.25) is 76.7 Å². The minimum Gasteiger partial charge on any atom is -0.481 e. The number of nitrogens with one attached hydrogen (secondary N) is 12. The van der Waals surface area contributed by atoms with Crippen LogP contribution >= 0.6 is 0 Å². The topological polar surface area (TPSA) is 582 Å². The number of carbonyl (C=O) groups excluding carboxylic acids is 13. The molecule has 35 nitrogen and oxygen atoms in total. The molecule has 0 aromatic rings. The third kappa shape index (κ3) is 41.6. The summed E-state index contributed by atoms with van der Waals surface area (Å²) in [5.74, 6) is -18.5. The average Bonchev–Trinajstić information content (AvgIpc) is 0.859. The molecule has 35 heteroatoms. The second kappa shape index (κ2) is 51.5. The lowest BCUT2D eigenvalue weighted by molar-refractivity contribution is -0.142. The van der Waals surface area contributed by atoms with Crippen LogP contribution in [0.5, 0.6) is 0 Å². The van der Waals surface area contributed by atoms with E-state index in [9.17, 15) is 92.0 Å². The van der Waals surface area contributed by atoms with Crippen LogP contribution in [0.3, 0.4) is 0 Å². The Morgan fingerprint density at radius 2 is 0.423 bits per heavy atom. The fourth-order valence-corrected chi connectivity index (χ4v) is 10.9. The first-order valence-electron chi connectivity index (χ1n) is 35.7. The van der Waals surface area contributed by atoms with Crippen LogP contribution < -0.4 is 86.7 Å². The monoisotopic (exact) mass is 1480 g/mol. The maximum Gasteiger partial charge on any atom is 0.305 e. The van der Waals surface area contributed by atoms with Crippen molar-refractivity contribution in [3.63, 3.8) is 0 Å². The van der Waals surface area contributed by atoms with Gasteiger partial charge in [-0.05, 0) is 151 Å². The van der Waals surface area contributed by atoms with Crippen LogP contribution in [0.4, 0.5) is 0 Å². The molecule has 0 aliphatic carbocycles. The molecule has 0 spiro atoms. The highest BCUT2D eigenvalue weighted by Gasteiger charge is 2.39. The molecule has 0 radical (unpaired) electrons. The van der Waals surface area contributed by atoms with E-state index < -0.39 is 186 Å². The number of amides is 13. The summed E-state index contributed by atoms with van der Waals surface area (Å²) < 4.78 is 0. The molecule has 0 saturated heterocycles. The van der Waals surface area contributed by atoms with Gasteiger partial charge in [-0.25, -0.2) is 0 Å². The highest BCUT2D eigenvalue weighted by molar-refractivity contribution is 6.01. The number of rotatable bonds is 54. The van der Waals surface area contributed by atoms with E-state index in [0.717, 1.165) is 0 Å². The summed E-state index contributed by atoms with van der Waals surface area (Å²) in [5.41, 5.74) is 22.7. The van der Waals surface area contributed by atoms with Crippen LogP contribution in [0.25, 0.3) is 0 Å². The van der Waals surface area contributed by atoms with Crippen LogP contribution in [0.1, 0.15) is 213 Å². The second-order valence-corrected chi connectivity index (χ2v) is 28.8. The minimum absolute atomic E-state index is 0. The van der Waals surface area contributed by atoms with Gasteiger partial charge in [-0.2, -0.15) is 0 Å². The first kappa shape index (κ1) is 97.5. The molecular formula is C69H126N16O19. The largest absolute Gasteiger partial charge is 0.481 e. The van der Waals surface area contributed by atoms with Crippen LogP contribution in [0.15, 0.2) is 0 Å². The van der Waals surface area contributed by atoms with E-state index in [1.165, 1.54) is 6.92 Å². The van der Waals surface area contributed by atoms with Crippen molar-refractivity contribution < 1.29 is 92.0 Å². The lowest BCUT2D eigenvalue weighted by Gasteiger charge is -2.29. The summed E-state index contributed by atoms with van der Waals surface area (Å²) in [6.07, 6.45) is -1.02. The molecule has 0 fully saturated rings. The lowest BCUT2D eigenvalue weighted by atomic mass is 9.99. The number of carboxylic acids is 3. The molecule has 0 rings (SSSR count). The van der Waals surface area contributed by atoms with Gasteiger partial charge < -0.3 is 102 Å². The van der Waals surface area contributed by atoms with Crippen molar-refractivity contribution in [1.82, 2.24) is 63.8 Å². The van der Waals surface area contributed by atoms with Crippen molar-refractivity contribution in [3.05, 3.63) is 0 Å². The van der Waals surface area contributed by atoms with E-state index in [1.807, 2.05) is 0 Å². The van der Waals surface area contributed by atoms with Gasteiger partial charge in [0.2, 0.25) is 76.8 Å². The van der Waals surface area contributed by atoms with Crippen molar-refractivity contribution in [3.8, 4) is 0 Å². The van der Waals surface area contributed by atoms with Crippen molar-refractivity contribution in [1.29, 1.82) is 0 Å². The van der Waals surface area contributed by atoms with Crippen LogP contribution in [-0.2, 0) is 76.7 Å². The second-order valence-electron chi connectivity index (χ2n) is 28.8. The number of carbonyl (C=O) groups is 16. The standard InChI is InChI=1S/C68H122N16O19.CH4/c1-35(2)26-45(57(72)92)76-66(101)51(32-54(86)87)82-64(99)49(30-39(9)10)78-59(94)43(21-15-18-24-70)74-62(97)47(28-37(5)6)81-68(103)53(34-56(90)91)84-65(100)50(31-40(11)12)79-60(95)44(22-16-19-25-71)75-61(96)46(27-36(3)4)80-67(102)52(33-55(88)89)83-63(98)48(29-38(7)8)77-58(93)42(73-41(13)85)20-14-17-23-69;/h35-40,42-53H,14-34,69-71H2,1-13H3,(H2,72,92)(H,73,85)(H,74,97)(H,75,96)(H,76,101)(H,77,93)(H,78,94)(H,79,95)(H,80,102)(H,81,103)(H,82,99)(H,83,98)(H,84,100)(H,86,87)(H,88,89)(H,90,91);1H4/t42-,43-,44-,45-,46-,47-,48-,49-,50-,51-,52-,53-;/m0./s1. The lowest BCUT2D eigenvalue weighted by Crippen LogP contribution is -2.61. The maximum atomic E-state index is 14.5. The number of nitrogens with two attached hydrogens (primary N) is 4. The minimum atomic E-state index is -1.92. The maximum absolute atomic E-state index is 14.5. The molecule has 104 heavy (non-hydrogen) atoms. The van der Waals surface area contributed by atoms with Crippen LogP contribution in [0, 0.1) is 35.5 Å². The zero-order valence-corrected chi connectivity index (χ0v) is 62.4. The van der Waals surface area contributed by atoms with Gasteiger partial charge in [-0.1, -0.05) is 90.5 Å². The fraction of sp³-hybridized carbons (Fsp3) is 0.768. The Morgan fingerprint density at radius 3 is 0.606 bits per heavy atom. The molecule has 0 bridgehead atoms. The molecule has 0 aromatic carbocycles. The molecule has 0 aromatic heterocycles. The molecule has 0 unspecified atom stereocenters. The average molecular weight is 1480 g/mol. The number of carboxylic acid groups (broad SMARTS) is 3. The smallest absolute Gasteiger partial charge is 0.305 e. The summed E-state index contributed by atoms with van der Waals surface area (Å²) >= 11 is 0. The Balaban J connectivity index is 0. The van der Waals surface area contributed by atoms with Crippen LogP contribution in [-0.4, -0.2) is 202 Å². The molecule has 0 heterocycles. The highest BCUT2D eigenvalue weighted by Crippen LogP contribution is 2.16. The van der Waals surface area contributed by atoms with E-state index >= 15 is 0 Å².